The van der Waals surface area contributed by atoms with Crippen LogP contribution in [0, 0.1) is 6.92 Å². The molecule has 512 valence electrons. The maximum absolute atomic E-state index is 12.9. The van der Waals surface area contributed by atoms with Gasteiger partial charge < -0.3 is 58.6 Å². The van der Waals surface area contributed by atoms with Crippen LogP contribution in [0.3, 0.4) is 0 Å². The van der Waals surface area contributed by atoms with Crippen LogP contribution in [0.25, 0.3) is 75.9 Å². The largest absolute Gasteiger partial charge is 0.573 e. The molecular weight excluding hydrogens is 1310 g/mol. The third kappa shape index (κ3) is 16.4. The number of alkyl halides is 3. The van der Waals surface area contributed by atoms with Crippen LogP contribution in [0.15, 0.2) is 209 Å². The zero-order valence-electron chi connectivity index (χ0n) is 53.7. The van der Waals surface area contributed by atoms with Gasteiger partial charge in [-0.25, -0.2) is 21.6 Å². The Morgan fingerprint density at radius 3 is 1.26 bits per heavy atom. The van der Waals surface area contributed by atoms with Crippen molar-refractivity contribution in [1.82, 2.24) is 23.3 Å². The molecule has 3 saturated heterocycles. The van der Waals surface area contributed by atoms with Crippen LogP contribution in [-0.2, 0) is 33.3 Å². The van der Waals surface area contributed by atoms with E-state index in [0.717, 1.165) is 84.5 Å². The molecule has 26 heteroatoms. The number of nitrogens with zero attached hydrogens (tertiary/aromatic N) is 7. The molecule has 3 fully saturated rings. The van der Waals surface area contributed by atoms with E-state index in [0.29, 0.717) is 19.8 Å². The van der Waals surface area contributed by atoms with Crippen molar-refractivity contribution in [3.8, 4) is 5.75 Å². The zero-order chi connectivity index (χ0) is 69.2. The fourth-order valence-corrected chi connectivity index (χ4v) is 14.7. The number of nitrogens with two attached hydrogens (primary N) is 1. The van der Waals surface area contributed by atoms with Crippen molar-refractivity contribution < 1.29 is 64.3 Å². The first-order valence-corrected chi connectivity index (χ1v) is 35.5. The predicted molar refractivity (Wildman–Crippen MR) is 372 cm³/mol. The van der Waals surface area contributed by atoms with Gasteiger partial charge in [0.25, 0.3) is 9.05 Å². The molecule has 8 aromatic carbocycles. The van der Waals surface area contributed by atoms with E-state index in [4.69, 9.17) is 36.2 Å². The fraction of sp³-hybridized carbons (Fsp3) is 0.324. The molecule has 3 aliphatic heterocycles. The molecule has 9 atom stereocenters. The molecule has 6 N–H and O–H groups in total. The molecule has 6 heterocycles. The summed E-state index contributed by atoms with van der Waals surface area (Å²) < 4.78 is 114. The molecule has 11 aromatic rings. The van der Waals surface area contributed by atoms with Gasteiger partial charge in [0.2, 0.25) is 10.0 Å². The number of nitrogens with one attached hydrogen (secondary N) is 1. The molecule has 97 heavy (non-hydrogen) atoms. The maximum atomic E-state index is 12.9. The molecular formula is C71H77ClF3N9O11S2. The standard InChI is InChI=1S/C24H21F3N2O5S.C17H16N4O2.C17H18N2O2.C7H7ClO2S.C6H15N/c25-24(26,27)34-15-9-11-16(12-10-15)35(31,32)28-19-13-33-14-22(23(19)30)29-20-7-3-1-5-17(20)18-6-2-4-8-21(18)29;18-20-19-13-9-23-10-16(17(13)22)21-14-7-3-1-5-11(14)12-6-2-4-8-15(12)21;18-13-9-21-10-16(17(13)20)19-14-7-3-1-5-11(14)12-6-2-4-8-15(12)19;1-6-2-4-7(5-3-6)11(8,9)10;1-4-7(5-2)6-3/h1-12,19,22-23,28,30H,13-14H2;1-8,13,16-17,22H,9-10H2;1-8,13,16-17,20H,9-10,18H2;2-5H,1H3;4-6H2,1-3H3/t19-,22+,23+;2*13-,16+,17+;;/m111../s1. The van der Waals surface area contributed by atoms with Crippen LogP contribution in [0.5, 0.6) is 5.75 Å². The van der Waals surface area contributed by atoms with E-state index in [9.17, 15) is 45.3 Å². The summed E-state index contributed by atoms with van der Waals surface area (Å²) in [7, 11) is -2.63. The number of halogens is 4. The van der Waals surface area contributed by atoms with E-state index in [-0.39, 0.29) is 47.7 Å². The Balaban J connectivity index is 0.000000144. The number of aryl methyl sites for hydroxylation is 1. The molecule has 3 aliphatic rings. The second kappa shape index (κ2) is 31.6. The molecule has 14 rings (SSSR count). The average Bonchev–Trinajstić information content (AvgIpc) is 1.62. The molecule has 0 unspecified atom stereocenters. The van der Waals surface area contributed by atoms with Crippen LogP contribution in [0.2, 0.25) is 0 Å². The van der Waals surface area contributed by atoms with Crippen LogP contribution in [0.1, 0.15) is 44.5 Å². The van der Waals surface area contributed by atoms with Crippen LogP contribution >= 0.6 is 10.7 Å². The second-order valence-electron chi connectivity index (χ2n) is 23.6. The third-order valence-corrected chi connectivity index (χ3v) is 20.4. The lowest BCUT2D eigenvalue weighted by Crippen LogP contribution is -2.53. The first-order chi connectivity index (χ1) is 46.6. The Morgan fingerprint density at radius 1 is 0.546 bits per heavy atom. The molecule has 0 aliphatic carbocycles. The van der Waals surface area contributed by atoms with E-state index in [2.05, 4.69) is 90.7 Å². The smallest absolute Gasteiger partial charge is 0.406 e. The van der Waals surface area contributed by atoms with Crippen molar-refractivity contribution in [2.45, 2.75) is 98.4 Å². The highest BCUT2D eigenvalue weighted by atomic mass is 35.7. The highest BCUT2D eigenvalue weighted by molar-refractivity contribution is 8.13. The van der Waals surface area contributed by atoms with Gasteiger partial charge in [-0.1, -0.05) is 153 Å². The minimum atomic E-state index is -4.88. The topological polar surface area (TPSA) is 271 Å². The monoisotopic (exact) mass is 1390 g/mol. The number of aliphatic hydroxyl groups is 3. The second-order valence-corrected chi connectivity index (χ2v) is 27.8. The summed E-state index contributed by atoms with van der Waals surface area (Å²) in [6, 6.07) is 55.5. The summed E-state index contributed by atoms with van der Waals surface area (Å²) in [5, 5.41) is 42.8. The summed E-state index contributed by atoms with van der Waals surface area (Å²) in [6.45, 7) is 13.6. The van der Waals surface area contributed by atoms with Gasteiger partial charge in [-0.2, -0.15) is 0 Å². The maximum Gasteiger partial charge on any atom is 0.573 e. The Kier molecular flexibility index (Phi) is 23.3. The SMILES string of the molecule is CCN(CC)CC.Cc1ccc(S(=O)(=O)Cl)cc1.N[C@@H]1COC[C@H](n2c3ccccc3c3ccccc32)[C@H]1O.O=S(=O)(N[C@@H]1COC[C@H](n2c3ccccc3c3ccccc32)[C@H]1O)c1ccc(OC(F)(F)F)cc1.[N-]=[N+]=N[C@@H]1COC[C@H](n2c3ccccc3c3ccccc32)[C@H]1O. The van der Waals surface area contributed by atoms with Crippen molar-refractivity contribution >= 4 is 95.2 Å². The summed E-state index contributed by atoms with van der Waals surface area (Å²) in [6.07, 6.45) is -7.40. The van der Waals surface area contributed by atoms with E-state index >= 15 is 0 Å². The number of aromatic nitrogens is 3. The first kappa shape index (κ1) is 71.7. The van der Waals surface area contributed by atoms with Gasteiger partial charge in [-0.05, 0) is 105 Å². The first-order valence-electron chi connectivity index (χ1n) is 31.7. The lowest BCUT2D eigenvalue weighted by molar-refractivity contribution is -0.274. The highest BCUT2D eigenvalue weighted by Gasteiger charge is 2.39. The Morgan fingerprint density at radius 2 is 0.897 bits per heavy atom. The summed E-state index contributed by atoms with van der Waals surface area (Å²) in [5.41, 5.74) is 21.7. The number of ether oxygens (including phenoxy) is 4. The van der Waals surface area contributed by atoms with Crippen LogP contribution in [0.4, 0.5) is 13.2 Å². The Bertz CT molecular complexity index is 4600. The van der Waals surface area contributed by atoms with Crippen molar-refractivity contribution in [3.05, 3.63) is 210 Å². The number of azide groups is 1. The Labute approximate surface area is 564 Å². The lowest BCUT2D eigenvalue weighted by atomic mass is 10.0. The normalized spacial score (nSPS) is 21.4. The quantitative estimate of drug-likeness (QED) is 0.0330. The van der Waals surface area contributed by atoms with Crippen LogP contribution in [-0.4, -0.2) is 153 Å². The fourth-order valence-electron chi connectivity index (χ4n) is 12.7. The predicted octanol–water partition coefficient (Wildman–Crippen LogP) is 12.7. The van der Waals surface area contributed by atoms with E-state index in [1.54, 1.807) is 12.1 Å². The number of benzene rings is 8. The zero-order valence-corrected chi connectivity index (χ0v) is 56.1. The van der Waals surface area contributed by atoms with Crippen molar-refractivity contribution in [3.63, 3.8) is 0 Å². The van der Waals surface area contributed by atoms with Gasteiger partial charge in [0.15, 0.2) is 0 Å². The molecule has 20 nitrogen and oxygen atoms in total. The number of hydrogen-bond acceptors (Lipinski definition) is 14. The Hall–Kier alpha value is -8.11. The summed E-state index contributed by atoms with van der Waals surface area (Å²) >= 11 is 0. The van der Waals surface area contributed by atoms with Gasteiger partial charge in [0, 0.05) is 81.0 Å². The number of sulfonamides is 1. The van der Waals surface area contributed by atoms with Gasteiger partial charge in [0.1, 0.15) is 5.75 Å². The number of fused-ring (bicyclic) bond motifs is 9. The minimum absolute atomic E-state index is 0.0662. The lowest BCUT2D eigenvalue weighted by Gasteiger charge is -2.36. The molecule has 0 amide bonds. The molecule has 3 aromatic heterocycles. The van der Waals surface area contributed by atoms with E-state index in [1.165, 1.54) is 42.5 Å². The van der Waals surface area contributed by atoms with Crippen molar-refractivity contribution in [1.29, 1.82) is 0 Å². The molecule has 0 spiro atoms. The van der Waals surface area contributed by atoms with Crippen molar-refractivity contribution in [2.24, 2.45) is 10.8 Å². The summed E-state index contributed by atoms with van der Waals surface area (Å²) in [4.78, 5) is 5.08. The van der Waals surface area contributed by atoms with Crippen molar-refractivity contribution in [2.75, 3.05) is 59.3 Å². The van der Waals surface area contributed by atoms with Gasteiger partial charge in [0.05, 0.1) is 104 Å². The van der Waals surface area contributed by atoms with Gasteiger partial charge in [-0.15, -0.1) is 13.2 Å². The number of aliphatic hydroxyl groups excluding tert-OH is 3. The van der Waals surface area contributed by atoms with E-state index in [1.807, 2.05) is 121 Å². The number of hydrogen-bond donors (Lipinski definition) is 5. The number of para-hydroxylation sites is 6. The highest BCUT2D eigenvalue weighted by Crippen LogP contribution is 2.39. The number of rotatable bonds is 12. The van der Waals surface area contributed by atoms with Crippen LogP contribution < -0.4 is 15.2 Å². The average molecular weight is 1390 g/mol. The van der Waals surface area contributed by atoms with Gasteiger partial charge in [-0.3, -0.25) is 0 Å². The third-order valence-electron chi connectivity index (χ3n) is 17.6. The molecule has 0 saturated carbocycles. The minimum Gasteiger partial charge on any atom is -0.406 e. The summed E-state index contributed by atoms with van der Waals surface area (Å²) in [5.74, 6) is -0.538. The molecule has 0 bridgehead atoms. The van der Waals surface area contributed by atoms with Gasteiger partial charge >= 0.3 is 6.36 Å². The van der Waals surface area contributed by atoms with E-state index < -0.39 is 67.6 Å². The molecule has 0 radical (unpaired) electrons.